The molecule has 0 saturated carbocycles. The molecule has 0 aliphatic heterocycles. The summed E-state index contributed by atoms with van der Waals surface area (Å²) >= 11 is 0. The standard InChI is InChI=1S/2C36H75O4P.Co/c2*1-3-5-7-9-11-13-15-17-19-21-23-25-27-29-31-33-35-39-41(37,38)40-36-34-32-30-28-26-24-22-20-18-16-14-12-10-8-6-4-2;/h2*3-36H2,1-2H3,(H,37,38);/q;;+2/p-2. The summed E-state index contributed by atoms with van der Waals surface area (Å²) in [7, 11) is -8.24. The van der Waals surface area contributed by atoms with Crippen molar-refractivity contribution in [1.29, 1.82) is 0 Å². The molecule has 83 heavy (non-hydrogen) atoms. The van der Waals surface area contributed by atoms with Crippen molar-refractivity contribution in [2.24, 2.45) is 0 Å². The summed E-state index contributed by atoms with van der Waals surface area (Å²) in [6.07, 6.45) is 83.7. The molecule has 0 amide bonds. The first-order chi connectivity index (χ1) is 40.2. The second-order valence-corrected chi connectivity index (χ2v) is 28.3. The molecule has 8 nitrogen and oxygen atoms in total. The van der Waals surface area contributed by atoms with Crippen LogP contribution in [0.5, 0.6) is 0 Å². The van der Waals surface area contributed by atoms with Crippen molar-refractivity contribution in [3.63, 3.8) is 0 Å². The van der Waals surface area contributed by atoms with Gasteiger partial charge in [-0.25, -0.2) is 0 Å². The van der Waals surface area contributed by atoms with Crippen LogP contribution in [0.2, 0.25) is 0 Å². The van der Waals surface area contributed by atoms with Crippen LogP contribution in [0.3, 0.4) is 0 Å². The van der Waals surface area contributed by atoms with Crippen molar-refractivity contribution in [2.75, 3.05) is 26.4 Å². The molecule has 0 bridgehead atoms. The van der Waals surface area contributed by atoms with E-state index in [9.17, 15) is 18.9 Å². The van der Waals surface area contributed by atoms with Gasteiger partial charge in [0.15, 0.2) is 0 Å². The summed E-state index contributed by atoms with van der Waals surface area (Å²) in [6.45, 7) is 10.2. The first kappa shape index (κ1) is 87.9. The quantitative estimate of drug-likeness (QED) is 0.0437. The molecule has 0 saturated heterocycles. The minimum atomic E-state index is -4.12. The van der Waals surface area contributed by atoms with Gasteiger partial charge in [0, 0.05) is 0 Å². The topological polar surface area (TPSA) is 117 Å². The zero-order valence-corrected chi connectivity index (χ0v) is 59.4. The number of rotatable bonds is 72. The largest absolute Gasteiger partial charge is 2.00 e. The molecule has 0 aliphatic carbocycles. The maximum absolute atomic E-state index is 11.9. The van der Waals surface area contributed by atoms with E-state index in [0.29, 0.717) is 0 Å². The summed E-state index contributed by atoms with van der Waals surface area (Å²) < 4.78 is 44.1. The van der Waals surface area contributed by atoms with E-state index in [1.165, 1.54) is 360 Å². The van der Waals surface area contributed by atoms with Gasteiger partial charge in [0.05, 0.1) is 26.4 Å². The number of unbranched alkanes of at least 4 members (excludes halogenated alkanes) is 60. The fourth-order valence-corrected chi connectivity index (χ4v) is 12.9. The van der Waals surface area contributed by atoms with Crippen molar-refractivity contribution in [1.82, 2.24) is 0 Å². The van der Waals surface area contributed by atoms with Crippen LogP contribution < -0.4 is 9.79 Å². The van der Waals surface area contributed by atoms with Gasteiger partial charge in [-0.1, -0.05) is 413 Å². The van der Waals surface area contributed by atoms with Crippen LogP contribution in [0.15, 0.2) is 0 Å². The molecule has 0 rings (SSSR count). The maximum Gasteiger partial charge on any atom is 2.00 e. The molecule has 0 aromatic heterocycles. The van der Waals surface area contributed by atoms with Crippen LogP contribution in [-0.4, -0.2) is 26.4 Å². The Bertz CT molecular complexity index is 1070. The van der Waals surface area contributed by atoms with Gasteiger partial charge < -0.3 is 27.9 Å². The average molecular weight is 1260 g/mol. The van der Waals surface area contributed by atoms with E-state index < -0.39 is 15.6 Å². The number of phosphoric ester groups is 2. The van der Waals surface area contributed by atoms with Gasteiger partial charge in [-0.05, 0) is 25.7 Å². The fourth-order valence-electron chi connectivity index (χ4n) is 11.4. The smallest absolute Gasteiger partial charge is 0.756 e. The molecule has 0 N–H and O–H groups in total. The van der Waals surface area contributed by atoms with E-state index in [-0.39, 0.29) is 43.2 Å². The molecular formula is C72H148CoO8P2. The second-order valence-electron chi connectivity index (χ2n) is 25.4. The molecule has 503 valence electrons. The molecule has 0 heterocycles. The Morgan fingerprint density at radius 1 is 0.181 bits per heavy atom. The summed E-state index contributed by atoms with van der Waals surface area (Å²) in [6, 6.07) is 0. The van der Waals surface area contributed by atoms with Gasteiger partial charge >= 0.3 is 16.8 Å². The molecule has 0 aromatic rings. The fraction of sp³-hybridized carbons (Fsp3) is 1.00. The van der Waals surface area contributed by atoms with Gasteiger partial charge in [-0.15, -0.1) is 0 Å². The van der Waals surface area contributed by atoms with E-state index in [0.717, 1.165) is 51.4 Å². The Morgan fingerprint density at radius 2 is 0.265 bits per heavy atom. The van der Waals surface area contributed by atoms with Crippen LogP contribution in [0, 0.1) is 0 Å². The van der Waals surface area contributed by atoms with E-state index in [4.69, 9.17) is 18.1 Å². The Labute approximate surface area is 531 Å². The molecule has 0 atom stereocenters. The Morgan fingerprint density at radius 3 is 0.361 bits per heavy atom. The van der Waals surface area contributed by atoms with E-state index in [1.54, 1.807) is 0 Å². The van der Waals surface area contributed by atoms with E-state index in [2.05, 4.69) is 27.7 Å². The minimum absolute atomic E-state index is 0. The monoisotopic (exact) mass is 1260 g/mol. The van der Waals surface area contributed by atoms with Crippen molar-refractivity contribution in [3.8, 4) is 0 Å². The van der Waals surface area contributed by atoms with Gasteiger partial charge in [0.2, 0.25) is 0 Å². The number of hydrogen-bond acceptors (Lipinski definition) is 8. The zero-order chi connectivity index (χ0) is 59.9. The summed E-state index contributed by atoms with van der Waals surface area (Å²) in [5.74, 6) is 0. The van der Waals surface area contributed by atoms with Crippen LogP contribution in [0.4, 0.5) is 0 Å². The minimum Gasteiger partial charge on any atom is -0.756 e. The van der Waals surface area contributed by atoms with Crippen LogP contribution in [-0.2, 0) is 44.0 Å². The maximum atomic E-state index is 11.9. The average Bonchev–Trinajstić information content (AvgIpc) is 3.46. The van der Waals surface area contributed by atoms with Crippen molar-refractivity contribution < 1.29 is 53.8 Å². The molecule has 0 aromatic carbocycles. The summed E-state index contributed by atoms with van der Waals surface area (Å²) in [5, 5.41) is 0. The number of phosphoric acid groups is 2. The molecule has 0 aliphatic rings. The first-order valence-electron chi connectivity index (χ1n) is 37.4. The van der Waals surface area contributed by atoms with E-state index >= 15 is 0 Å². The van der Waals surface area contributed by atoms with Crippen LogP contribution in [0.25, 0.3) is 0 Å². The van der Waals surface area contributed by atoms with Crippen molar-refractivity contribution in [3.05, 3.63) is 0 Å². The van der Waals surface area contributed by atoms with Crippen LogP contribution in [0.1, 0.15) is 439 Å². The third-order valence-electron chi connectivity index (χ3n) is 17.0. The molecule has 0 unspecified atom stereocenters. The first-order valence-corrected chi connectivity index (χ1v) is 40.4. The van der Waals surface area contributed by atoms with Gasteiger partial charge in [0.25, 0.3) is 15.6 Å². The van der Waals surface area contributed by atoms with Gasteiger partial charge in [-0.3, -0.25) is 9.13 Å². The normalized spacial score (nSPS) is 11.8. The third kappa shape index (κ3) is 82.7. The third-order valence-corrected chi connectivity index (χ3v) is 19.0. The molecule has 11 heteroatoms. The van der Waals surface area contributed by atoms with Crippen molar-refractivity contribution >= 4 is 15.6 Å². The second kappa shape index (κ2) is 77.0. The number of hydrogen-bond donors (Lipinski definition) is 0. The van der Waals surface area contributed by atoms with Crippen LogP contribution >= 0.6 is 15.6 Å². The van der Waals surface area contributed by atoms with Gasteiger partial charge in [0.1, 0.15) is 0 Å². The Kier molecular flexibility index (Phi) is 81.5. The molecule has 0 spiro atoms. The SMILES string of the molecule is CCCCCCCCCCCCCCCCCCOP(=O)([O-])OCCCCCCCCCCCCCCCCCC.CCCCCCCCCCCCCCCCCCOP(=O)([O-])OCCCCCCCCCCCCCCCCCC.[Co+2]. The predicted molar refractivity (Wildman–Crippen MR) is 357 cm³/mol. The Balaban J connectivity index is -0.00000152. The van der Waals surface area contributed by atoms with Crippen molar-refractivity contribution in [2.45, 2.75) is 439 Å². The molecular weight excluding hydrogens is 1110 g/mol. The Hall–Kier alpha value is 0.726. The predicted octanol–water partition coefficient (Wildman–Crippen LogP) is 26.0. The van der Waals surface area contributed by atoms with E-state index in [1.807, 2.05) is 0 Å². The molecule has 0 fully saturated rings. The van der Waals surface area contributed by atoms with Gasteiger partial charge in [-0.2, -0.15) is 0 Å². The summed E-state index contributed by atoms with van der Waals surface area (Å²) in [4.78, 5) is 23.9. The summed E-state index contributed by atoms with van der Waals surface area (Å²) in [5.41, 5.74) is 0. The zero-order valence-electron chi connectivity index (χ0n) is 56.6. The molecule has 1 radical (unpaired) electrons.